The first-order chi connectivity index (χ1) is 14.8. The quantitative estimate of drug-likeness (QED) is 0.639. The molecule has 1 atom stereocenters. The maximum atomic E-state index is 14.1. The summed E-state index contributed by atoms with van der Waals surface area (Å²) in [7, 11) is 0. The number of benzene rings is 1. The number of likely N-dealkylation sites (tertiary alicyclic amines) is 1. The molecule has 0 aliphatic carbocycles. The predicted octanol–water partition coefficient (Wildman–Crippen LogP) is 3.44. The van der Waals surface area contributed by atoms with E-state index in [1.807, 2.05) is 24.3 Å². The van der Waals surface area contributed by atoms with Crippen molar-refractivity contribution in [3.8, 4) is 11.4 Å². The SMILES string of the molecule is Fc1ccccc1CN1CCCC1c1nc(-c2ccc(N3CCOCC3)nc2)no1. The molecule has 0 amide bonds. The highest BCUT2D eigenvalue weighted by Gasteiger charge is 2.31. The molecule has 0 N–H and O–H groups in total. The average molecular weight is 409 g/mol. The standard InChI is InChI=1S/C22H24FN5O2/c23-18-5-2-1-4-17(18)15-28-9-3-6-19(28)22-25-21(26-30-22)16-7-8-20(24-14-16)27-10-12-29-13-11-27/h1-2,4-5,7-8,14,19H,3,6,9-13,15H2. The topological polar surface area (TPSA) is 67.5 Å². The largest absolute Gasteiger partial charge is 0.378 e. The molecule has 3 aromatic rings. The van der Waals surface area contributed by atoms with Crippen LogP contribution in [0.25, 0.3) is 11.4 Å². The van der Waals surface area contributed by atoms with Crippen molar-refractivity contribution >= 4 is 5.82 Å². The van der Waals surface area contributed by atoms with Gasteiger partial charge in [-0.1, -0.05) is 23.4 Å². The van der Waals surface area contributed by atoms with E-state index in [9.17, 15) is 4.39 Å². The van der Waals surface area contributed by atoms with Gasteiger partial charge in [0, 0.05) is 37.0 Å². The Morgan fingerprint density at radius 3 is 2.73 bits per heavy atom. The monoisotopic (exact) mass is 409 g/mol. The molecule has 2 aliphatic rings. The molecule has 0 radical (unpaired) electrons. The number of morpholine rings is 1. The lowest BCUT2D eigenvalue weighted by molar-refractivity contribution is 0.122. The van der Waals surface area contributed by atoms with Gasteiger partial charge in [-0.15, -0.1) is 0 Å². The molecule has 4 heterocycles. The highest BCUT2D eigenvalue weighted by Crippen LogP contribution is 2.33. The van der Waals surface area contributed by atoms with Gasteiger partial charge < -0.3 is 14.2 Å². The molecule has 5 rings (SSSR count). The molecule has 0 saturated carbocycles. The van der Waals surface area contributed by atoms with E-state index >= 15 is 0 Å². The van der Waals surface area contributed by atoms with E-state index in [0.717, 1.165) is 57.1 Å². The van der Waals surface area contributed by atoms with Crippen molar-refractivity contribution in [1.82, 2.24) is 20.0 Å². The van der Waals surface area contributed by atoms with Gasteiger partial charge in [0.1, 0.15) is 11.6 Å². The van der Waals surface area contributed by atoms with Crippen molar-refractivity contribution in [3.05, 3.63) is 59.9 Å². The summed E-state index contributed by atoms with van der Waals surface area (Å²) in [5.74, 6) is 1.86. The molecule has 7 nitrogen and oxygen atoms in total. The molecule has 2 fully saturated rings. The van der Waals surface area contributed by atoms with Gasteiger partial charge in [-0.05, 0) is 37.6 Å². The van der Waals surface area contributed by atoms with Crippen LogP contribution in [0, 0.1) is 5.82 Å². The predicted molar refractivity (Wildman–Crippen MR) is 109 cm³/mol. The summed E-state index contributed by atoms with van der Waals surface area (Å²) in [6, 6.07) is 10.9. The van der Waals surface area contributed by atoms with Crippen LogP contribution in [0.5, 0.6) is 0 Å². The molecule has 2 aliphatic heterocycles. The van der Waals surface area contributed by atoms with Crippen LogP contribution in [0.1, 0.15) is 30.3 Å². The Balaban J connectivity index is 1.30. The van der Waals surface area contributed by atoms with Gasteiger partial charge in [0.15, 0.2) is 0 Å². The molecule has 0 spiro atoms. The second-order valence-electron chi connectivity index (χ2n) is 7.68. The van der Waals surface area contributed by atoms with Gasteiger partial charge in [0.05, 0.1) is 19.3 Å². The van der Waals surface area contributed by atoms with E-state index in [2.05, 4.69) is 24.9 Å². The summed E-state index contributed by atoms with van der Waals surface area (Å²) in [5.41, 5.74) is 1.51. The minimum Gasteiger partial charge on any atom is -0.378 e. The van der Waals surface area contributed by atoms with Crippen molar-refractivity contribution in [1.29, 1.82) is 0 Å². The van der Waals surface area contributed by atoms with E-state index in [1.54, 1.807) is 12.3 Å². The van der Waals surface area contributed by atoms with Crippen molar-refractivity contribution in [2.75, 3.05) is 37.7 Å². The minimum atomic E-state index is -0.180. The van der Waals surface area contributed by atoms with E-state index in [-0.39, 0.29) is 11.9 Å². The fraction of sp³-hybridized carbons (Fsp3) is 0.409. The third kappa shape index (κ3) is 3.93. The number of pyridine rings is 1. The highest BCUT2D eigenvalue weighted by molar-refractivity contribution is 5.56. The summed E-state index contributed by atoms with van der Waals surface area (Å²) in [6.07, 6.45) is 3.72. The van der Waals surface area contributed by atoms with E-state index in [0.29, 0.717) is 23.8 Å². The van der Waals surface area contributed by atoms with Gasteiger partial charge >= 0.3 is 0 Å². The fourth-order valence-electron chi connectivity index (χ4n) is 4.13. The zero-order valence-electron chi connectivity index (χ0n) is 16.7. The number of hydrogen-bond acceptors (Lipinski definition) is 7. The minimum absolute atomic E-state index is 0.00596. The third-order valence-electron chi connectivity index (χ3n) is 5.76. The second kappa shape index (κ2) is 8.49. The fourth-order valence-corrected chi connectivity index (χ4v) is 4.13. The first-order valence-electron chi connectivity index (χ1n) is 10.4. The lowest BCUT2D eigenvalue weighted by Crippen LogP contribution is -2.36. The summed E-state index contributed by atoms with van der Waals surface area (Å²) in [5, 5.41) is 4.17. The van der Waals surface area contributed by atoms with Crippen LogP contribution in [0.4, 0.5) is 10.2 Å². The van der Waals surface area contributed by atoms with Gasteiger partial charge in [-0.2, -0.15) is 4.98 Å². The lowest BCUT2D eigenvalue weighted by Gasteiger charge is -2.27. The molecule has 156 valence electrons. The van der Waals surface area contributed by atoms with Crippen LogP contribution in [0.3, 0.4) is 0 Å². The molecule has 1 aromatic carbocycles. The average Bonchev–Trinajstić information content (AvgIpc) is 3.46. The highest BCUT2D eigenvalue weighted by atomic mass is 19.1. The van der Waals surface area contributed by atoms with Crippen LogP contribution < -0.4 is 4.90 Å². The molecule has 30 heavy (non-hydrogen) atoms. The zero-order valence-corrected chi connectivity index (χ0v) is 16.7. The Bertz CT molecular complexity index is 987. The molecule has 8 heteroatoms. The van der Waals surface area contributed by atoms with Crippen molar-refractivity contribution in [2.24, 2.45) is 0 Å². The molecule has 2 aromatic heterocycles. The number of anilines is 1. The van der Waals surface area contributed by atoms with Gasteiger partial charge in [0.2, 0.25) is 11.7 Å². The first-order valence-corrected chi connectivity index (χ1v) is 10.4. The van der Waals surface area contributed by atoms with Crippen LogP contribution in [0.2, 0.25) is 0 Å². The van der Waals surface area contributed by atoms with Crippen LogP contribution in [-0.4, -0.2) is 52.9 Å². The van der Waals surface area contributed by atoms with Crippen molar-refractivity contribution in [3.63, 3.8) is 0 Å². The van der Waals surface area contributed by atoms with Crippen LogP contribution in [-0.2, 0) is 11.3 Å². The molecule has 2 saturated heterocycles. The third-order valence-corrected chi connectivity index (χ3v) is 5.76. The van der Waals surface area contributed by atoms with Gasteiger partial charge in [-0.25, -0.2) is 9.37 Å². The number of nitrogens with zero attached hydrogens (tertiary/aromatic N) is 5. The normalized spacial score (nSPS) is 20.0. The maximum Gasteiger partial charge on any atom is 0.244 e. The number of halogens is 1. The second-order valence-corrected chi connectivity index (χ2v) is 7.68. The molecular weight excluding hydrogens is 385 g/mol. The number of hydrogen-bond donors (Lipinski definition) is 0. The van der Waals surface area contributed by atoms with Crippen molar-refractivity contribution < 1.29 is 13.7 Å². The van der Waals surface area contributed by atoms with E-state index < -0.39 is 0 Å². The van der Waals surface area contributed by atoms with E-state index in [1.165, 1.54) is 6.07 Å². The van der Waals surface area contributed by atoms with Crippen molar-refractivity contribution in [2.45, 2.75) is 25.4 Å². The lowest BCUT2D eigenvalue weighted by atomic mass is 10.1. The zero-order chi connectivity index (χ0) is 20.3. The van der Waals surface area contributed by atoms with Crippen LogP contribution in [0.15, 0.2) is 47.1 Å². The van der Waals surface area contributed by atoms with Gasteiger partial charge in [0.25, 0.3) is 0 Å². The molecule has 1 unspecified atom stereocenters. The van der Waals surface area contributed by atoms with Gasteiger partial charge in [-0.3, -0.25) is 4.90 Å². The van der Waals surface area contributed by atoms with Crippen LogP contribution >= 0.6 is 0 Å². The maximum absolute atomic E-state index is 14.1. The summed E-state index contributed by atoms with van der Waals surface area (Å²) < 4.78 is 25.1. The number of rotatable bonds is 5. The Morgan fingerprint density at radius 2 is 1.93 bits per heavy atom. The number of ether oxygens (including phenoxy) is 1. The first kappa shape index (κ1) is 19.1. The number of aromatic nitrogens is 3. The van der Waals surface area contributed by atoms with E-state index in [4.69, 9.17) is 9.26 Å². The molecular formula is C22H24FN5O2. The Kier molecular flexibility index (Phi) is 5.42. The summed E-state index contributed by atoms with van der Waals surface area (Å²) >= 11 is 0. The summed E-state index contributed by atoms with van der Waals surface area (Å²) in [6.45, 7) is 4.55. The summed E-state index contributed by atoms with van der Waals surface area (Å²) in [4.78, 5) is 13.6. The Labute approximate surface area is 174 Å². The smallest absolute Gasteiger partial charge is 0.244 e. The Morgan fingerprint density at radius 1 is 1.07 bits per heavy atom. The Hall–Kier alpha value is -2.84. The molecule has 0 bridgehead atoms.